The van der Waals surface area contributed by atoms with Gasteiger partial charge in [-0.25, -0.2) is 4.39 Å². The van der Waals surface area contributed by atoms with Crippen molar-refractivity contribution in [3.05, 3.63) is 28.5 Å². The number of anilines is 1. The summed E-state index contributed by atoms with van der Waals surface area (Å²) in [7, 11) is 0. The van der Waals surface area contributed by atoms with E-state index in [1.54, 1.807) is 6.07 Å². The van der Waals surface area contributed by atoms with Gasteiger partial charge < -0.3 is 0 Å². The van der Waals surface area contributed by atoms with E-state index in [9.17, 15) is 14.0 Å². The van der Waals surface area contributed by atoms with Crippen LogP contribution < -0.4 is 4.90 Å². The van der Waals surface area contributed by atoms with E-state index in [2.05, 4.69) is 15.9 Å². The molecule has 1 aromatic carbocycles. The van der Waals surface area contributed by atoms with Crippen molar-refractivity contribution >= 4 is 33.4 Å². The van der Waals surface area contributed by atoms with Crippen molar-refractivity contribution < 1.29 is 14.0 Å². The maximum Gasteiger partial charge on any atom is 0.233 e. The molecule has 0 spiro atoms. The van der Waals surface area contributed by atoms with Crippen LogP contribution in [0, 0.1) is 5.82 Å². The first-order valence-corrected chi connectivity index (χ1v) is 6.20. The van der Waals surface area contributed by atoms with Gasteiger partial charge in [0.05, 0.1) is 10.2 Å². The minimum absolute atomic E-state index is 0.255. The summed E-state index contributed by atoms with van der Waals surface area (Å²) in [6.45, 7) is 0. The van der Waals surface area contributed by atoms with Gasteiger partial charge in [-0.05, 0) is 47.0 Å². The molecule has 1 heterocycles. The van der Waals surface area contributed by atoms with Crippen LogP contribution in [0.2, 0.25) is 0 Å². The molecule has 0 unspecified atom stereocenters. The van der Waals surface area contributed by atoms with E-state index < -0.39 is 5.82 Å². The highest BCUT2D eigenvalue weighted by Gasteiger charge is 2.25. The Morgan fingerprint density at radius 1 is 1.12 bits per heavy atom. The lowest BCUT2D eigenvalue weighted by molar-refractivity contribution is -0.125. The second-order valence-electron chi connectivity index (χ2n) is 3.93. The number of nitrogens with zero attached hydrogens (tertiary/aromatic N) is 1. The molecular formula is C12H11BrFNO2. The van der Waals surface area contributed by atoms with Crippen molar-refractivity contribution in [1.29, 1.82) is 0 Å². The zero-order valence-electron chi connectivity index (χ0n) is 9.08. The van der Waals surface area contributed by atoms with Gasteiger partial charge in [-0.3, -0.25) is 14.5 Å². The Morgan fingerprint density at radius 2 is 1.71 bits per heavy atom. The summed E-state index contributed by atoms with van der Waals surface area (Å²) in [6, 6.07) is 4.26. The summed E-state index contributed by atoms with van der Waals surface area (Å²) in [5.41, 5.74) is 0.308. The SMILES string of the molecule is O=C1CCCCC(=O)N1c1ccc(Br)c(F)c1. The van der Waals surface area contributed by atoms with Crippen molar-refractivity contribution in [2.45, 2.75) is 25.7 Å². The van der Waals surface area contributed by atoms with Crippen molar-refractivity contribution in [3.8, 4) is 0 Å². The van der Waals surface area contributed by atoms with Gasteiger partial charge >= 0.3 is 0 Å². The van der Waals surface area contributed by atoms with E-state index in [1.807, 2.05) is 0 Å². The fourth-order valence-corrected chi connectivity index (χ4v) is 2.07. The third-order valence-corrected chi connectivity index (χ3v) is 3.33. The van der Waals surface area contributed by atoms with Gasteiger partial charge in [-0.1, -0.05) is 0 Å². The normalized spacial score (nSPS) is 17.2. The van der Waals surface area contributed by atoms with Crippen LogP contribution in [0.4, 0.5) is 10.1 Å². The van der Waals surface area contributed by atoms with E-state index in [4.69, 9.17) is 0 Å². The molecule has 0 aromatic heterocycles. The molecule has 1 aromatic rings. The predicted molar refractivity (Wildman–Crippen MR) is 65.1 cm³/mol. The van der Waals surface area contributed by atoms with E-state index in [0.29, 0.717) is 35.8 Å². The Morgan fingerprint density at radius 3 is 2.24 bits per heavy atom. The van der Waals surface area contributed by atoms with Gasteiger partial charge in [-0.2, -0.15) is 0 Å². The number of imide groups is 1. The van der Waals surface area contributed by atoms with Crippen LogP contribution in [0.25, 0.3) is 0 Å². The van der Waals surface area contributed by atoms with E-state index in [-0.39, 0.29) is 11.8 Å². The molecule has 17 heavy (non-hydrogen) atoms. The lowest BCUT2D eigenvalue weighted by Gasteiger charge is -2.18. The highest BCUT2D eigenvalue weighted by Crippen LogP contribution is 2.25. The number of carbonyl (C=O) groups excluding carboxylic acids is 2. The van der Waals surface area contributed by atoms with Crippen molar-refractivity contribution in [2.24, 2.45) is 0 Å². The molecule has 0 saturated carbocycles. The maximum absolute atomic E-state index is 13.4. The van der Waals surface area contributed by atoms with Gasteiger partial charge in [0.25, 0.3) is 0 Å². The predicted octanol–water partition coefficient (Wildman–Crippen LogP) is 3.02. The summed E-state index contributed by atoms with van der Waals surface area (Å²) in [5, 5.41) is 0. The molecule has 3 nitrogen and oxygen atoms in total. The van der Waals surface area contributed by atoms with E-state index in [0.717, 1.165) is 4.90 Å². The fraction of sp³-hybridized carbons (Fsp3) is 0.333. The minimum Gasteiger partial charge on any atom is -0.274 e. The zero-order valence-corrected chi connectivity index (χ0v) is 10.7. The molecule has 5 heteroatoms. The fourth-order valence-electron chi connectivity index (χ4n) is 1.83. The number of benzene rings is 1. The van der Waals surface area contributed by atoms with Crippen LogP contribution in [-0.2, 0) is 9.59 Å². The molecular weight excluding hydrogens is 289 g/mol. The number of carbonyl (C=O) groups is 2. The molecule has 2 amide bonds. The number of hydrogen-bond acceptors (Lipinski definition) is 2. The first-order chi connectivity index (χ1) is 8.09. The van der Waals surface area contributed by atoms with Crippen LogP contribution >= 0.6 is 15.9 Å². The van der Waals surface area contributed by atoms with Gasteiger partial charge in [0.15, 0.2) is 0 Å². The Bertz CT molecular complexity index is 458. The monoisotopic (exact) mass is 299 g/mol. The summed E-state index contributed by atoms with van der Waals surface area (Å²) < 4.78 is 13.7. The van der Waals surface area contributed by atoms with Crippen molar-refractivity contribution in [1.82, 2.24) is 0 Å². The van der Waals surface area contributed by atoms with Gasteiger partial charge in [0.1, 0.15) is 5.82 Å². The van der Waals surface area contributed by atoms with Gasteiger partial charge in [0, 0.05) is 12.8 Å². The Labute approximate surface area is 107 Å². The highest BCUT2D eigenvalue weighted by molar-refractivity contribution is 9.10. The summed E-state index contributed by atoms with van der Waals surface area (Å²) in [5.74, 6) is -0.990. The molecule has 1 fully saturated rings. The average molecular weight is 300 g/mol. The number of rotatable bonds is 1. The van der Waals surface area contributed by atoms with Crippen molar-refractivity contribution in [2.75, 3.05) is 4.90 Å². The van der Waals surface area contributed by atoms with Crippen LogP contribution in [0.15, 0.2) is 22.7 Å². The molecule has 2 rings (SSSR count). The number of amides is 2. The smallest absolute Gasteiger partial charge is 0.233 e. The molecule has 0 radical (unpaired) electrons. The molecule has 1 aliphatic rings. The Kier molecular flexibility index (Phi) is 3.57. The van der Waals surface area contributed by atoms with E-state index >= 15 is 0 Å². The second kappa shape index (κ2) is 4.96. The van der Waals surface area contributed by atoms with Crippen LogP contribution in [0.3, 0.4) is 0 Å². The molecule has 0 atom stereocenters. The Hall–Kier alpha value is -1.23. The lowest BCUT2D eigenvalue weighted by Crippen LogP contribution is -2.35. The first-order valence-electron chi connectivity index (χ1n) is 5.40. The van der Waals surface area contributed by atoms with Crippen LogP contribution in [0.5, 0.6) is 0 Å². The van der Waals surface area contributed by atoms with Gasteiger partial charge in [0.2, 0.25) is 11.8 Å². The number of halogens is 2. The molecule has 0 bridgehead atoms. The largest absolute Gasteiger partial charge is 0.274 e. The first kappa shape index (κ1) is 12.2. The maximum atomic E-state index is 13.4. The highest BCUT2D eigenvalue weighted by atomic mass is 79.9. The molecule has 1 saturated heterocycles. The van der Waals surface area contributed by atoms with Crippen LogP contribution in [-0.4, -0.2) is 11.8 Å². The minimum atomic E-state index is -0.479. The quantitative estimate of drug-likeness (QED) is 0.748. The molecule has 90 valence electrons. The third kappa shape index (κ3) is 2.54. The summed E-state index contributed by atoms with van der Waals surface area (Å²) >= 11 is 3.04. The third-order valence-electron chi connectivity index (χ3n) is 2.69. The topological polar surface area (TPSA) is 37.4 Å². The van der Waals surface area contributed by atoms with Crippen molar-refractivity contribution in [3.63, 3.8) is 0 Å². The van der Waals surface area contributed by atoms with Gasteiger partial charge in [-0.15, -0.1) is 0 Å². The summed E-state index contributed by atoms with van der Waals surface area (Å²) in [4.78, 5) is 24.7. The zero-order chi connectivity index (χ0) is 12.4. The average Bonchev–Trinajstić information content (AvgIpc) is 2.45. The number of hydrogen-bond donors (Lipinski definition) is 0. The molecule has 1 aliphatic heterocycles. The molecule has 0 N–H and O–H groups in total. The Balaban J connectivity index is 2.38. The second-order valence-corrected chi connectivity index (χ2v) is 4.78. The summed E-state index contributed by atoms with van der Waals surface area (Å²) in [6.07, 6.45) is 2.09. The molecule has 0 aliphatic carbocycles. The van der Waals surface area contributed by atoms with Crippen LogP contribution in [0.1, 0.15) is 25.7 Å². The van der Waals surface area contributed by atoms with E-state index in [1.165, 1.54) is 12.1 Å². The standard InChI is InChI=1S/C12H11BrFNO2/c13-9-6-5-8(7-10(9)14)15-11(16)3-1-2-4-12(15)17/h5-7H,1-4H2. The lowest BCUT2D eigenvalue weighted by atomic mass is 10.2.